The Kier molecular flexibility index (Phi) is 4.93. The molecule has 96 valence electrons. The minimum absolute atomic E-state index is 0.276. The summed E-state index contributed by atoms with van der Waals surface area (Å²) in [6.45, 7) is 9.66. The Labute approximate surface area is 106 Å². The molecule has 1 heterocycles. The maximum atomic E-state index is 10.7. The summed E-state index contributed by atoms with van der Waals surface area (Å²) in [6, 6.07) is 0. The molecule has 1 aromatic rings. The van der Waals surface area contributed by atoms with Gasteiger partial charge in [0.2, 0.25) is 0 Å². The molecule has 0 saturated carbocycles. The molecular formula is C12H20N2O2S. The molecule has 0 radical (unpaired) electrons. The molecule has 5 heteroatoms. The van der Waals surface area contributed by atoms with Crippen LogP contribution >= 0.6 is 11.3 Å². The SMILES string of the molecule is CC(C)C(CNc1ncc(C(=O)O)s1)C(C)C. The lowest BCUT2D eigenvalue weighted by molar-refractivity contribution is 0.0702. The molecule has 0 fully saturated rings. The Hall–Kier alpha value is -1.10. The highest BCUT2D eigenvalue weighted by Gasteiger charge is 2.18. The van der Waals surface area contributed by atoms with E-state index in [0.29, 0.717) is 22.9 Å². The molecule has 0 bridgehead atoms. The lowest BCUT2D eigenvalue weighted by atomic mass is 9.86. The third-order valence-corrected chi connectivity index (χ3v) is 3.86. The number of carboxylic acid groups (broad SMARTS) is 1. The molecule has 17 heavy (non-hydrogen) atoms. The number of carboxylic acids is 1. The minimum atomic E-state index is -0.917. The average Bonchev–Trinajstić information content (AvgIpc) is 2.65. The van der Waals surface area contributed by atoms with Crippen molar-refractivity contribution in [1.29, 1.82) is 0 Å². The van der Waals surface area contributed by atoms with Gasteiger partial charge >= 0.3 is 5.97 Å². The number of nitrogens with zero attached hydrogens (tertiary/aromatic N) is 1. The fourth-order valence-electron chi connectivity index (χ4n) is 1.90. The van der Waals surface area contributed by atoms with Gasteiger partial charge < -0.3 is 10.4 Å². The van der Waals surface area contributed by atoms with Crippen molar-refractivity contribution < 1.29 is 9.90 Å². The van der Waals surface area contributed by atoms with Crippen LogP contribution in [0.3, 0.4) is 0 Å². The number of nitrogens with one attached hydrogen (secondary N) is 1. The number of rotatable bonds is 6. The van der Waals surface area contributed by atoms with Gasteiger partial charge in [-0.2, -0.15) is 0 Å². The van der Waals surface area contributed by atoms with E-state index in [4.69, 9.17) is 5.11 Å². The van der Waals surface area contributed by atoms with Crippen molar-refractivity contribution in [2.24, 2.45) is 17.8 Å². The predicted octanol–water partition coefficient (Wildman–Crippen LogP) is 3.18. The third kappa shape index (κ3) is 4.00. The molecule has 0 aliphatic heterocycles. The smallest absolute Gasteiger partial charge is 0.347 e. The van der Waals surface area contributed by atoms with E-state index in [2.05, 4.69) is 38.0 Å². The zero-order chi connectivity index (χ0) is 13.0. The first-order valence-electron chi connectivity index (χ1n) is 5.84. The van der Waals surface area contributed by atoms with Crippen molar-refractivity contribution in [3.8, 4) is 0 Å². The van der Waals surface area contributed by atoms with Crippen LogP contribution in [-0.4, -0.2) is 22.6 Å². The van der Waals surface area contributed by atoms with Crippen LogP contribution in [0.5, 0.6) is 0 Å². The van der Waals surface area contributed by atoms with Gasteiger partial charge in [-0.15, -0.1) is 0 Å². The zero-order valence-electron chi connectivity index (χ0n) is 10.7. The largest absolute Gasteiger partial charge is 0.477 e. The van der Waals surface area contributed by atoms with Gasteiger partial charge in [0, 0.05) is 6.54 Å². The Balaban J connectivity index is 2.56. The van der Waals surface area contributed by atoms with Gasteiger partial charge in [0.1, 0.15) is 4.88 Å². The topological polar surface area (TPSA) is 62.2 Å². The number of thiazole rings is 1. The summed E-state index contributed by atoms with van der Waals surface area (Å²) in [4.78, 5) is 15.0. The third-order valence-electron chi connectivity index (χ3n) is 2.92. The van der Waals surface area contributed by atoms with E-state index in [1.807, 2.05) is 0 Å². The number of aromatic carboxylic acids is 1. The number of anilines is 1. The average molecular weight is 256 g/mol. The molecular weight excluding hydrogens is 236 g/mol. The normalized spacial score (nSPS) is 11.5. The zero-order valence-corrected chi connectivity index (χ0v) is 11.5. The fraction of sp³-hybridized carbons (Fsp3) is 0.667. The molecule has 2 N–H and O–H groups in total. The monoisotopic (exact) mass is 256 g/mol. The van der Waals surface area contributed by atoms with Crippen molar-refractivity contribution in [2.75, 3.05) is 11.9 Å². The van der Waals surface area contributed by atoms with Crippen LogP contribution in [0.4, 0.5) is 5.13 Å². The quantitative estimate of drug-likeness (QED) is 0.820. The summed E-state index contributed by atoms with van der Waals surface area (Å²) in [5, 5.41) is 12.7. The molecule has 0 atom stereocenters. The van der Waals surface area contributed by atoms with Crippen molar-refractivity contribution in [3.63, 3.8) is 0 Å². The summed E-state index contributed by atoms with van der Waals surface area (Å²) in [5.41, 5.74) is 0. The highest BCUT2D eigenvalue weighted by molar-refractivity contribution is 7.17. The van der Waals surface area contributed by atoms with Crippen LogP contribution in [0.1, 0.15) is 37.4 Å². The standard InChI is InChI=1S/C12H20N2O2S/c1-7(2)9(8(3)4)5-13-12-14-6-10(17-12)11(15)16/h6-9H,5H2,1-4H3,(H,13,14)(H,15,16). The summed E-state index contributed by atoms with van der Waals surface area (Å²) < 4.78 is 0. The molecule has 4 nitrogen and oxygen atoms in total. The lowest BCUT2D eigenvalue weighted by Gasteiger charge is -2.24. The van der Waals surface area contributed by atoms with E-state index >= 15 is 0 Å². The number of carbonyl (C=O) groups is 1. The van der Waals surface area contributed by atoms with E-state index in [-0.39, 0.29) is 4.88 Å². The fourth-order valence-corrected chi connectivity index (χ4v) is 2.56. The summed E-state index contributed by atoms with van der Waals surface area (Å²) in [6.07, 6.45) is 1.40. The highest BCUT2D eigenvalue weighted by Crippen LogP contribution is 2.23. The minimum Gasteiger partial charge on any atom is -0.477 e. The molecule has 1 aromatic heterocycles. The second-order valence-electron chi connectivity index (χ2n) is 4.87. The van der Waals surface area contributed by atoms with Gasteiger partial charge in [0.25, 0.3) is 0 Å². The first kappa shape index (κ1) is 14.0. The Morgan fingerprint density at radius 3 is 2.41 bits per heavy atom. The van der Waals surface area contributed by atoms with Crippen molar-refractivity contribution in [2.45, 2.75) is 27.7 Å². The first-order valence-corrected chi connectivity index (χ1v) is 6.66. The highest BCUT2D eigenvalue weighted by atomic mass is 32.1. The van der Waals surface area contributed by atoms with Crippen LogP contribution in [0.2, 0.25) is 0 Å². The van der Waals surface area contributed by atoms with Crippen LogP contribution in [0.15, 0.2) is 6.20 Å². The van der Waals surface area contributed by atoms with E-state index in [1.54, 1.807) is 0 Å². The van der Waals surface area contributed by atoms with E-state index < -0.39 is 5.97 Å². The summed E-state index contributed by atoms with van der Waals surface area (Å²) in [5.74, 6) is 0.842. The molecule has 0 aliphatic rings. The Morgan fingerprint density at radius 1 is 1.41 bits per heavy atom. The second-order valence-corrected chi connectivity index (χ2v) is 5.90. The molecule has 1 rings (SSSR count). The van der Waals surface area contributed by atoms with Crippen molar-refractivity contribution in [1.82, 2.24) is 4.98 Å². The molecule has 0 saturated heterocycles. The van der Waals surface area contributed by atoms with Gasteiger partial charge in [-0.25, -0.2) is 9.78 Å². The number of aromatic nitrogens is 1. The van der Waals surface area contributed by atoms with Crippen molar-refractivity contribution >= 4 is 22.4 Å². The molecule has 0 spiro atoms. The van der Waals surface area contributed by atoms with Gasteiger partial charge in [-0.1, -0.05) is 39.0 Å². The number of hydrogen-bond acceptors (Lipinski definition) is 4. The first-order chi connectivity index (χ1) is 7.91. The van der Waals surface area contributed by atoms with Gasteiger partial charge in [-0.05, 0) is 17.8 Å². The molecule has 0 amide bonds. The number of hydrogen-bond donors (Lipinski definition) is 2. The maximum absolute atomic E-state index is 10.7. The summed E-state index contributed by atoms with van der Waals surface area (Å²) >= 11 is 1.18. The molecule has 0 aromatic carbocycles. The van der Waals surface area contributed by atoms with E-state index in [0.717, 1.165) is 6.54 Å². The van der Waals surface area contributed by atoms with Crippen LogP contribution < -0.4 is 5.32 Å². The lowest BCUT2D eigenvalue weighted by Crippen LogP contribution is -2.24. The molecule has 0 unspecified atom stereocenters. The van der Waals surface area contributed by atoms with Crippen LogP contribution in [0.25, 0.3) is 0 Å². The Bertz CT molecular complexity index is 366. The van der Waals surface area contributed by atoms with Crippen LogP contribution in [0, 0.1) is 17.8 Å². The van der Waals surface area contributed by atoms with Gasteiger partial charge in [-0.3, -0.25) is 0 Å². The van der Waals surface area contributed by atoms with Gasteiger partial charge in [0.15, 0.2) is 5.13 Å². The molecule has 0 aliphatic carbocycles. The van der Waals surface area contributed by atoms with Crippen LogP contribution in [-0.2, 0) is 0 Å². The van der Waals surface area contributed by atoms with E-state index in [9.17, 15) is 4.79 Å². The maximum Gasteiger partial charge on any atom is 0.347 e. The second kappa shape index (κ2) is 6.00. The Morgan fingerprint density at radius 2 is 2.00 bits per heavy atom. The summed E-state index contributed by atoms with van der Waals surface area (Å²) in [7, 11) is 0. The van der Waals surface area contributed by atoms with Gasteiger partial charge in [0.05, 0.1) is 6.20 Å². The predicted molar refractivity (Wildman–Crippen MR) is 70.7 cm³/mol. The van der Waals surface area contributed by atoms with E-state index in [1.165, 1.54) is 17.5 Å². The van der Waals surface area contributed by atoms with Crippen molar-refractivity contribution in [3.05, 3.63) is 11.1 Å².